The Morgan fingerprint density at radius 3 is 2.71 bits per heavy atom. The molecular weight excluding hydrogens is 412 g/mol. The molecule has 1 aliphatic rings. The van der Waals surface area contributed by atoms with Gasteiger partial charge in [-0.1, -0.05) is 41.9 Å². The molecule has 4 rings (SSSR count). The minimum atomic E-state index is -0.616. The van der Waals surface area contributed by atoms with Gasteiger partial charge in [0, 0.05) is 17.1 Å². The second kappa shape index (κ2) is 8.70. The highest BCUT2D eigenvalue weighted by Crippen LogP contribution is 2.32. The molecule has 2 aromatic carbocycles. The van der Waals surface area contributed by atoms with Crippen LogP contribution in [0.5, 0.6) is 0 Å². The molecule has 1 unspecified atom stereocenters. The number of benzene rings is 2. The molecule has 0 saturated carbocycles. The molecule has 31 heavy (non-hydrogen) atoms. The number of primary amides is 1. The second-order valence-corrected chi connectivity index (χ2v) is 8.20. The van der Waals surface area contributed by atoms with E-state index in [2.05, 4.69) is 6.19 Å². The fourth-order valence-corrected chi connectivity index (χ4v) is 4.21. The molecule has 4 N–H and O–H groups in total. The molecule has 1 atom stereocenters. The summed E-state index contributed by atoms with van der Waals surface area (Å²) in [4.78, 5) is 13.9. The molecule has 1 aromatic heterocycles. The lowest BCUT2D eigenvalue weighted by Crippen LogP contribution is -2.34. The average molecular weight is 435 g/mol. The first kappa shape index (κ1) is 20.8. The second-order valence-electron chi connectivity index (χ2n) is 7.76. The molecule has 158 valence electrons. The van der Waals surface area contributed by atoms with Crippen LogP contribution in [-0.2, 0) is 6.42 Å². The number of nitrogen functional groups attached to an aromatic ring is 1. The first-order valence-electron chi connectivity index (χ1n) is 10.1. The summed E-state index contributed by atoms with van der Waals surface area (Å²) in [5.41, 5.74) is 15.7. The molecule has 0 spiro atoms. The highest BCUT2D eigenvalue weighted by molar-refractivity contribution is 6.30. The number of hydrogen-bond donors (Lipinski definition) is 2. The predicted molar refractivity (Wildman–Crippen MR) is 120 cm³/mol. The van der Waals surface area contributed by atoms with Crippen molar-refractivity contribution in [2.45, 2.75) is 25.3 Å². The van der Waals surface area contributed by atoms with E-state index in [1.165, 1.54) is 0 Å². The van der Waals surface area contributed by atoms with Crippen molar-refractivity contribution < 1.29 is 4.79 Å². The Kier molecular flexibility index (Phi) is 5.83. The largest absolute Gasteiger partial charge is 0.383 e. The molecule has 1 aliphatic heterocycles. The fourth-order valence-electron chi connectivity index (χ4n) is 4.08. The van der Waals surface area contributed by atoms with E-state index in [0.29, 0.717) is 23.7 Å². The van der Waals surface area contributed by atoms with Crippen molar-refractivity contribution in [1.29, 1.82) is 5.26 Å². The zero-order valence-corrected chi connectivity index (χ0v) is 17.7. The summed E-state index contributed by atoms with van der Waals surface area (Å²) in [5, 5.41) is 14.6. The average Bonchev–Trinajstić information content (AvgIpc) is 3.13. The molecular formula is C23H23ClN6O. The van der Waals surface area contributed by atoms with E-state index in [1.54, 1.807) is 9.58 Å². The number of amides is 1. The van der Waals surface area contributed by atoms with Crippen molar-refractivity contribution in [2.24, 2.45) is 5.73 Å². The SMILES string of the molecule is N#CN1CCCC(n2nc(-c3cccc(Cc4ccc(Cl)cc4)c3)c(C(N)=O)c2N)C1. The van der Waals surface area contributed by atoms with Gasteiger partial charge in [0.1, 0.15) is 17.1 Å². The third-order valence-corrected chi connectivity index (χ3v) is 5.85. The number of hydrogen-bond acceptors (Lipinski definition) is 5. The summed E-state index contributed by atoms with van der Waals surface area (Å²) < 4.78 is 1.66. The third kappa shape index (κ3) is 4.35. The van der Waals surface area contributed by atoms with E-state index in [4.69, 9.17) is 28.2 Å². The van der Waals surface area contributed by atoms with Crippen LogP contribution in [0.25, 0.3) is 11.3 Å². The van der Waals surface area contributed by atoms with E-state index < -0.39 is 5.91 Å². The Bertz CT molecular complexity index is 1150. The van der Waals surface area contributed by atoms with Gasteiger partial charge in [0.2, 0.25) is 0 Å². The van der Waals surface area contributed by atoms with Crippen molar-refractivity contribution in [3.8, 4) is 17.5 Å². The van der Waals surface area contributed by atoms with Gasteiger partial charge in [-0.05, 0) is 48.6 Å². The van der Waals surface area contributed by atoms with Crippen LogP contribution in [0.2, 0.25) is 5.02 Å². The molecule has 0 bridgehead atoms. The Morgan fingerprint density at radius 1 is 1.23 bits per heavy atom. The van der Waals surface area contributed by atoms with Gasteiger partial charge in [0.15, 0.2) is 6.19 Å². The summed E-state index contributed by atoms with van der Waals surface area (Å²) in [6.07, 6.45) is 4.59. The molecule has 8 heteroatoms. The van der Waals surface area contributed by atoms with E-state index in [-0.39, 0.29) is 17.4 Å². The quantitative estimate of drug-likeness (QED) is 0.595. The minimum Gasteiger partial charge on any atom is -0.383 e. The van der Waals surface area contributed by atoms with Crippen LogP contribution in [0.3, 0.4) is 0 Å². The summed E-state index contributed by atoms with van der Waals surface area (Å²) in [7, 11) is 0. The number of nitrogens with zero attached hydrogens (tertiary/aromatic N) is 4. The van der Waals surface area contributed by atoms with Crippen LogP contribution in [-0.4, -0.2) is 33.7 Å². The number of piperidine rings is 1. The van der Waals surface area contributed by atoms with E-state index in [0.717, 1.165) is 36.1 Å². The van der Waals surface area contributed by atoms with Gasteiger partial charge in [0.05, 0.1) is 12.6 Å². The summed E-state index contributed by atoms with van der Waals surface area (Å²) >= 11 is 5.98. The molecule has 0 radical (unpaired) electrons. The van der Waals surface area contributed by atoms with Crippen molar-refractivity contribution in [1.82, 2.24) is 14.7 Å². The molecule has 0 aliphatic carbocycles. The molecule has 3 aromatic rings. The zero-order chi connectivity index (χ0) is 22.0. The minimum absolute atomic E-state index is 0.0856. The van der Waals surface area contributed by atoms with E-state index in [9.17, 15) is 10.1 Å². The number of carbonyl (C=O) groups excluding carboxylic acids is 1. The Labute approximate surface area is 185 Å². The van der Waals surface area contributed by atoms with E-state index in [1.807, 2.05) is 48.5 Å². The summed E-state index contributed by atoms with van der Waals surface area (Å²) in [6, 6.07) is 15.5. The Hall–Kier alpha value is -3.50. The van der Waals surface area contributed by atoms with Crippen LogP contribution < -0.4 is 11.5 Å². The first-order valence-corrected chi connectivity index (χ1v) is 10.5. The smallest absolute Gasteiger partial charge is 0.254 e. The molecule has 1 fully saturated rings. The third-order valence-electron chi connectivity index (χ3n) is 5.60. The van der Waals surface area contributed by atoms with Crippen molar-refractivity contribution in [3.63, 3.8) is 0 Å². The number of likely N-dealkylation sites (tertiary alicyclic amines) is 1. The van der Waals surface area contributed by atoms with Crippen LogP contribution in [0.1, 0.15) is 40.4 Å². The summed E-state index contributed by atoms with van der Waals surface area (Å²) in [5.74, 6) is -0.370. The van der Waals surface area contributed by atoms with Gasteiger partial charge >= 0.3 is 0 Å². The van der Waals surface area contributed by atoms with Gasteiger partial charge in [-0.3, -0.25) is 4.79 Å². The normalized spacial score (nSPS) is 16.1. The lowest BCUT2D eigenvalue weighted by atomic mass is 10.00. The Balaban J connectivity index is 1.70. The number of nitriles is 1. The number of aromatic nitrogens is 2. The number of rotatable bonds is 5. The lowest BCUT2D eigenvalue weighted by molar-refractivity contribution is 0.100. The van der Waals surface area contributed by atoms with Crippen LogP contribution in [0, 0.1) is 11.5 Å². The molecule has 7 nitrogen and oxygen atoms in total. The van der Waals surface area contributed by atoms with Crippen LogP contribution >= 0.6 is 11.6 Å². The fraction of sp³-hybridized carbons (Fsp3) is 0.261. The Morgan fingerprint density at radius 2 is 2.00 bits per heavy atom. The van der Waals surface area contributed by atoms with Crippen molar-refractivity contribution >= 4 is 23.3 Å². The predicted octanol–water partition coefficient (Wildman–Crippen LogP) is 3.59. The molecule has 1 amide bonds. The van der Waals surface area contributed by atoms with E-state index >= 15 is 0 Å². The first-order chi connectivity index (χ1) is 15.0. The van der Waals surface area contributed by atoms with Gasteiger partial charge in [-0.15, -0.1) is 0 Å². The highest BCUT2D eigenvalue weighted by atomic mass is 35.5. The van der Waals surface area contributed by atoms with Crippen molar-refractivity contribution in [3.05, 3.63) is 70.2 Å². The maximum absolute atomic E-state index is 12.3. The standard InChI is InChI=1S/C23H23ClN6O/c24-18-8-6-15(7-9-18)11-16-3-1-4-17(12-16)21-20(23(27)31)22(26)30(28-21)19-5-2-10-29(13-19)14-25/h1,3-4,6-9,12,19H,2,5,10-11,13,26H2,(H2,27,31). The van der Waals surface area contributed by atoms with Crippen LogP contribution in [0.15, 0.2) is 48.5 Å². The van der Waals surface area contributed by atoms with Gasteiger partial charge in [-0.25, -0.2) is 4.68 Å². The topological polar surface area (TPSA) is 114 Å². The van der Waals surface area contributed by atoms with Crippen LogP contribution in [0.4, 0.5) is 5.82 Å². The van der Waals surface area contributed by atoms with Gasteiger partial charge in [-0.2, -0.15) is 10.4 Å². The number of anilines is 1. The number of carbonyl (C=O) groups is 1. The maximum Gasteiger partial charge on any atom is 0.254 e. The number of halogens is 1. The van der Waals surface area contributed by atoms with Gasteiger partial charge < -0.3 is 16.4 Å². The summed E-state index contributed by atoms with van der Waals surface area (Å²) in [6.45, 7) is 1.23. The lowest BCUT2D eigenvalue weighted by Gasteiger charge is -2.29. The van der Waals surface area contributed by atoms with Gasteiger partial charge in [0.25, 0.3) is 5.91 Å². The highest BCUT2D eigenvalue weighted by Gasteiger charge is 2.28. The zero-order valence-electron chi connectivity index (χ0n) is 17.0. The monoisotopic (exact) mass is 434 g/mol. The molecule has 2 heterocycles. The maximum atomic E-state index is 12.3. The van der Waals surface area contributed by atoms with Crippen molar-refractivity contribution in [2.75, 3.05) is 18.8 Å². The molecule has 1 saturated heterocycles. The number of nitrogens with two attached hydrogens (primary N) is 2.